The third kappa shape index (κ3) is 4.30. The highest BCUT2D eigenvalue weighted by Crippen LogP contribution is 2.20. The first-order valence-corrected chi connectivity index (χ1v) is 6.48. The molecule has 1 heterocycles. The number of aryl methyl sites for hydroxylation is 2. The summed E-state index contributed by atoms with van der Waals surface area (Å²) in [5, 5.41) is 8.57. The molecule has 1 rings (SSSR count). The van der Waals surface area contributed by atoms with Gasteiger partial charge in [0, 0.05) is 27.3 Å². The molecule has 0 atom stereocenters. The summed E-state index contributed by atoms with van der Waals surface area (Å²) in [6.07, 6.45) is 3.08. The van der Waals surface area contributed by atoms with Crippen LogP contribution in [0, 0.1) is 0 Å². The van der Waals surface area contributed by atoms with Crippen molar-refractivity contribution < 1.29 is 4.74 Å². The average molecular weight is 260 g/mol. The van der Waals surface area contributed by atoms with E-state index in [1.165, 1.54) is 0 Å². The number of rotatable bonds is 8. The van der Waals surface area contributed by atoms with Gasteiger partial charge >= 0.3 is 0 Å². The SMILES string of the molecule is CCc1nn(C)c(CNCCCCOC)c1Cl. The molecule has 0 aliphatic carbocycles. The van der Waals surface area contributed by atoms with Crippen molar-refractivity contribution in [1.29, 1.82) is 0 Å². The second-order valence-electron chi connectivity index (χ2n) is 4.06. The minimum absolute atomic E-state index is 0.773. The number of aromatic nitrogens is 2. The van der Waals surface area contributed by atoms with Crippen molar-refractivity contribution in [2.45, 2.75) is 32.7 Å². The summed E-state index contributed by atoms with van der Waals surface area (Å²) in [6, 6.07) is 0. The third-order valence-corrected chi connectivity index (χ3v) is 3.18. The molecule has 0 bridgehead atoms. The fraction of sp³-hybridized carbons (Fsp3) is 0.750. The molecule has 1 aromatic heterocycles. The number of hydrogen-bond acceptors (Lipinski definition) is 3. The topological polar surface area (TPSA) is 39.1 Å². The van der Waals surface area contributed by atoms with Crippen LogP contribution in [0.4, 0.5) is 0 Å². The summed E-state index contributed by atoms with van der Waals surface area (Å²) in [5.41, 5.74) is 2.04. The van der Waals surface area contributed by atoms with E-state index >= 15 is 0 Å². The fourth-order valence-corrected chi connectivity index (χ4v) is 2.08. The lowest BCUT2D eigenvalue weighted by molar-refractivity contribution is 0.192. The summed E-state index contributed by atoms with van der Waals surface area (Å²) in [5.74, 6) is 0. The van der Waals surface area contributed by atoms with Gasteiger partial charge in [0.05, 0.1) is 16.4 Å². The first kappa shape index (κ1) is 14.5. The summed E-state index contributed by atoms with van der Waals surface area (Å²) in [4.78, 5) is 0. The van der Waals surface area contributed by atoms with E-state index in [0.29, 0.717) is 0 Å². The Balaban J connectivity index is 2.34. The first-order chi connectivity index (χ1) is 8.20. The number of methoxy groups -OCH3 is 1. The maximum absolute atomic E-state index is 6.25. The van der Waals surface area contributed by atoms with Crippen LogP contribution in [-0.4, -0.2) is 30.0 Å². The zero-order valence-corrected chi connectivity index (χ0v) is 11.7. The van der Waals surface area contributed by atoms with Gasteiger partial charge in [-0.1, -0.05) is 18.5 Å². The highest BCUT2D eigenvalue weighted by Gasteiger charge is 2.11. The fourth-order valence-electron chi connectivity index (χ4n) is 1.72. The summed E-state index contributed by atoms with van der Waals surface area (Å²) in [6.45, 7) is 4.64. The van der Waals surface area contributed by atoms with Crippen LogP contribution in [0.15, 0.2) is 0 Å². The van der Waals surface area contributed by atoms with Gasteiger partial charge in [0.15, 0.2) is 0 Å². The van der Waals surface area contributed by atoms with Crippen molar-refractivity contribution in [2.24, 2.45) is 7.05 Å². The van der Waals surface area contributed by atoms with E-state index in [0.717, 1.165) is 55.4 Å². The molecule has 0 saturated heterocycles. The van der Waals surface area contributed by atoms with Crippen molar-refractivity contribution in [1.82, 2.24) is 15.1 Å². The number of nitrogens with zero attached hydrogens (tertiary/aromatic N) is 2. The predicted octanol–water partition coefficient (Wildman–Crippen LogP) is 2.15. The Morgan fingerprint density at radius 1 is 1.41 bits per heavy atom. The minimum Gasteiger partial charge on any atom is -0.385 e. The first-order valence-electron chi connectivity index (χ1n) is 6.10. The molecule has 0 fully saturated rings. The molecule has 0 aromatic carbocycles. The van der Waals surface area contributed by atoms with Crippen LogP contribution >= 0.6 is 11.6 Å². The van der Waals surface area contributed by atoms with Crippen LogP contribution in [0.3, 0.4) is 0 Å². The summed E-state index contributed by atoms with van der Waals surface area (Å²) in [7, 11) is 3.67. The molecule has 5 heteroatoms. The number of nitrogens with one attached hydrogen (secondary N) is 1. The van der Waals surface area contributed by atoms with Gasteiger partial charge in [0.25, 0.3) is 0 Å². The zero-order chi connectivity index (χ0) is 12.7. The Bertz CT molecular complexity index is 339. The van der Waals surface area contributed by atoms with Crippen molar-refractivity contribution in [3.63, 3.8) is 0 Å². The van der Waals surface area contributed by atoms with E-state index in [1.807, 2.05) is 11.7 Å². The molecule has 0 saturated carbocycles. The van der Waals surface area contributed by atoms with E-state index in [9.17, 15) is 0 Å². The number of unbranched alkanes of at least 4 members (excludes halogenated alkanes) is 1. The molecule has 4 nitrogen and oxygen atoms in total. The van der Waals surface area contributed by atoms with E-state index in [4.69, 9.17) is 16.3 Å². The quantitative estimate of drug-likeness (QED) is 0.727. The normalized spacial score (nSPS) is 11.1. The second-order valence-corrected chi connectivity index (χ2v) is 4.44. The number of hydrogen-bond donors (Lipinski definition) is 1. The molecule has 0 radical (unpaired) electrons. The van der Waals surface area contributed by atoms with Crippen LogP contribution < -0.4 is 5.32 Å². The van der Waals surface area contributed by atoms with Crippen LogP contribution in [0.1, 0.15) is 31.2 Å². The molecule has 1 aromatic rings. The van der Waals surface area contributed by atoms with Gasteiger partial charge in [-0.15, -0.1) is 0 Å². The molecule has 1 N–H and O–H groups in total. The van der Waals surface area contributed by atoms with E-state index in [1.54, 1.807) is 7.11 Å². The highest BCUT2D eigenvalue weighted by atomic mass is 35.5. The van der Waals surface area contributed by atoms with Crippen molar-refractivity contribution in [3.8, 4) is 0 Å². The Hall–Kier alpha value is -0.580. The molecule has 0 aliphatic heterocycles. The molecular weight excluding hydrogens is 238 g/mol. The minimum atomic E-state index is 0.773. The monoisotopic (exact) mass is 259 g/mol. The Morgan fingerprint density at radius 2 is 2.18 bits per heavy atom. The maximum Gasteiger partial charge on any atom is 0.0863 e. The number of halogens is 1. The standard InChI is InChI=1S/C12H22ClN3O/c1-4-10-12(13)11(16(2)15-10)9-14-7-5-6-8-17-3/h14H,4-9H2,1-3H3. The average Bonchev–Trinajstić information content (AvgIpc) is 2.60. The van der Waals surface area contributed by atoms with Crippen LogP contribution in [0.2, 0.25) is 5.02 Å². The molecule has 17 heavy (non-hydrogen) atoms. The van der Waals surface area contributed by atoms with Gasteiger partial charge in [0.1, 0.15) is 0 Å². The lowest BCUT2D eigenvalue weighted by atomic mass is 10.3. The van der Waals surface area contributed by atoms with E-state index in [-0.39, 0.29) is 0 Å². The molecule has 0 spiro atoms. The molecular formula is C12H22ClN3O. The highest BCUT2D eigenvalue weighted by molar-refractivity contribution is 6.31. The molecule has 0 amide bonds. The lowest BCUT2D eigenvalue weighted by Gasteiger charge is -2.05. The summed E-state index contributed by atoms with van der Waals surface area (Å²) >= 11 is 6.25. The van der Waals surface area contributed by atoms with Crippen LogP contribution in [0.5, 0.6) is 0 Å². The van der Waals surface area contributed by atoms with Gasteiger partial charge in [-0.25, -0.2) is 0 Å². The van der Waals surface area contributed by atoms with Crippen LogP contribution in [-0.2, 0) is 24.8 Å². The van der Waals surface area contributed by atoms with Gasteiger partial charge in [0.2, 0.25) is 0 Å². The third-order valence-electron chi connectivity index (χ3n) is 2.75. The summed E-state index contributed by atoms with van der Waals surface area (Å²) < 4.78 is 6.86. The van der Waals surface area contributed by atoms with Crippen molar-refractivity contribution in [2.75, 3.05) is 20.3 Å². The van der Waals surface area contributed by atoms with Gasteiger partial charge in [-0.05, 0) is 25.8 Å². The Kier molecular flexibility index (Phi) is 6.55. The van der Waals surface area contributed by atoms with E-state index in [2.05, 4.69) is 17.3 Å². The van der Waals surface area contributed by atoms with Gasteiger partial charge in [-0.3, -0.25) is 4.68 Å². The molecule has 0 unspecified atom stereocenters. The Morgan fingerprint density at radius 3 is 2.76 bits per heavy atom. The largest absolute Gasteiger partial charge is 0.385 e. The van der Waals surface area contributed by atoms with Crippen molar-refractivity contribution in [3.05, 3.63) is 16.4 Å². The van der Waals surface area contributed by atoms with Gasteiger partial charge in [-0.2, -0.15) is 5.10 Å². The molecule has 0 aliphatic rings. The second kappa shape index (κ2) is 7.69. The van der Waals surface area contributed by atoms with Crippen molar-refractivity contribution >= 4 is 11.6 Å². The predicted molar refractivity (Wildman–Crippen MR) is 70.4 cm³/mol. The lowest BCUT2D eigenvalue weighted by Crippen LogP contribution is -2.17. The van der Waals surface area contributed by atoms with Gasteiger partial charge < -0.3 is 10.1 Å². The zero-order valence-electron chi connectivity index (χ0n) is 10.9. The molecule has 98 valence electrons. The van der Waals surface area contributed by atoms with E-state index < -0.39 is 0 Å². The number of ether oxygens (including phenoxy) is 1. The maximum atomic E-state index is 6.25. The smallest absolute Gasteiger partial charge is 0.0863 e. The van der Waals surface area contributed by atoms with Crippen LogP contribution in [0.25, 0.3) is 0 Å². The Labute approximate surface area is 108 Å².